The Balaban J connectivity index is 1.58. The second kappa shape index (κ2) is 5.67. The highest BCUT2D eigenvalue weighted by atomic mass is 16.2. The summed E-state index contributed by atoms with van der Waals surface area (Å²) in [6, 6.07) is 2.00. The van der Waals surface area contributed by atoms with Crippen molar-refractivity contribution in [1.29, 1.82) is 0 Å². The number of H-pyrrole nitrogens is 1. The largest absolute Gasteiger partial charge is 0.356 e. The molecule has 3 heterocycles. The standard InChI is InChI=1S/C19H28N6O/c1-12(20)17(26)25-9-18(2)7-13(8-19(18,3)10-25)24(4)16-14-5-6-21-15(14)22-11-23-16/h5-6,11-13H,7-10,20H2,1-4H3,(H,21,22,23)/t12-,13-,18+,19-/m1/s1. The third-order valence-corrected chi connectivity index (χ3v) is 6.83. The molecule has 4 atom stereocenters. The van der Waals surface area contributed by atoms with Crippen molar-refractivity contribution in [3.8, 4) is 0 Å². The van der Waals surface area contributed by atoms with Gasteiger partial charge in [-0.2, -0.15) is 0 Å². The summed E-state index contributed by atoms with van der Waals surface area (Å²) in [6.45, 7) is 7.99. The molecule has 0 bridgehead atoms. The SMILES string of the molecule is C[C@@H](N)C(=O)N1C[C@]2(C)C[C@@H](N(C)c3ncnc4[nH]ccc34)C[C@]2(C)C1. The van der Waals surface area contributed by atoms with Crippen LogP contribution in [0.3, 0.4) is 0 Å². The van der Waals surface area contributed by atoms with Crippen LogP contribution in [-0.2, 0) is 4.79 Å². The highest BCUT2D eigenvalue weighted by molar-refractivity contribution is 5.87. The Hall–Kier alpha value is -2.15. The zero-order valence-electron chi connectivity index (χ0n) is 16.0. The second-order valence-electron chi connectivity index (χ2n) is 8.71. The maximum absolute atomic E-state index is 12.4. The van der Waals surface area contributed by atoms with Crippen LogP contribution in [0.25, 0.3) is 11.0 Å². The second-order valence-corrected chi connectivity index (χ2v) is 8.71. The highest BCUT2D eigenvalue weighted by Gasteiger charge is 2.59. The van der Waals surface area contributed by atoms with Crippen LogP contribution in [0.15, 0.2) is 18.6 Å². The fraction of sp³-hybridized carbons (Fsp3) is 0.632. The number of nitrogens with zero attached hydrogens (tertiary/aromatic N) is 4. The first-order valence-electron chi connectivity index (χ1n) is 9.29. The van der Waals surface area contributed by atoms with Gasteiger partial charge in [0.05, 0.1) is 11.4 Å². The molecule has 1 saturated heterocycles. The van der Waals surface area contributed by atoms with E-state index in [2.05, 4.69) is 40.7 Å². The number of nitrogens with one attached hydrogen (secondary N) is 1. The predicted molar refractivity (Wildman–Crippen MR) is 102 cm³/mol. The van der Waals surface area contributed by atoms with Crippen LogP contribution in [0.1, 0.15) is 33.6 Å². The Morgan fingerprint density at radius 1 is 1.35 bits per heavy atom. The summed E-state index contributed by atoms with van der Waals surface area (Å²) < 4.78 is 0. The first kappa shape index (κ1) is 17.3. The van der Waals surface area contributed by atoms with Gasteiger partial charge >= 0.3 is 0 Å². The number of rotatable bonds is 3. The van der Waals surface area contributed by atoms with Crippen molar-refractivity contribution in [3.63, 3.8) is 0 Å². The summed E-state index contributed by atoms with van der Waals surface area (Å²) in [4.78, 5) is 28.6. The molecule has 0 radical (unpaired) electrons. The number of carbonyl (C=O) groups is 1. The number of aromatic nitrogens is 3. The fourth-order valence-corrected chi connectivity index (χ4v) is 5.04. The van der Waals surface area contributed by atoms with Gasteiger partial charge in [-0.15, -0.1) is 0 Å². The van der Waals surface area contributed by atoms with Crippen LogP contribution in [0.5, 0.6) is 0 Å². The number of likely N-dealkylation sites (tertiary alicyclic amines) is 1. The van der Waals surface area contributed by atoms with Gasteiger partial charge < -0.3 is 20.5 Å². The highest BCUT2D eigenvalue weighted by Crippen LogP contribution is 2.58. The van der Waals surface area contributed by atoms with Gasteiger partial charge in [0.15, 0.2) is 0 Å². The maximum atomic E-state index is 12.4. The van der Waals surface area contributed by atoms with Gasteiger partial charge in [-0.25, -0.2) is 9.97 Å². The minimum absolute atomic E-state index is 0.0663. The van der Waals surface area contributed by atoms with Gasteiger partial charge in [0.2, 0.25) is 5.91 Å². The Morgan fingerprint density at radius 3 is 2.62 bits per heavy atom. The monoisotopic (exact) mass is 356 g/mol. The number of nitrogens with two attached hydrogens (primary N) is 1. The zero-order chi connectivity index (χ0) is 18.7. The van der Waals surface area contributed by atoms with E-state index in [4.69, 9.17) is 5.73 Å². The molecule has 1 aliphatic carbocycles. The van der Waals surface area contributed by atoms with Gasteiger partial charge in [0.25, 0.3) is 0 Å². The Morgan fingerprint density at radius 2 is 2.00 bits per heavy atom. The van der Waals surface area contributed by atoms with Gasteiger partial charge in [-0.3, -0.25) is 4.79 Å². The number of hydrogen-bond donors (Lipinski definition) is 2. The van der Waals surface area contributed by atoms with Crippen molar-refractivity contribution >= 4 is 22.8 Å². The third-order valence-electron chi connectivity index (χ3n) is 6.83. The molecule has 1 aliphatic heterocycles. The summed E-state index contributed by atoms with van der Waals surface area (Å²) in [6.07, 6.45) is 5.60. The van der Waals surface area contributed by atoms with Crippen LogP contribution < -0.4 is 10.6 Å². The molecule has 0 unspecified atom stereocenters. The lowest BCUT2D eigenvalue weighted by molar-refractivity contribution is -0.131. The number of fused-ring (bicyclic) bond motifs is 2. The normalized spacial score (nSPS) is 32.0. The first-order chi connectivity index (χ1) is 12.2. The topological polar surface area (TPSA) is 91.1 Å². The summed E-state index contributed by atoms with van der Waals surface area (Å²) >= 11 is 0. The molecule has 140 valence electrons. The Labute approximate surface area is 154 Å². The molecule has 2 fully saturated rings. The average Bonchev–Trinajstić information content (AvgIpc) is 3.22. The number of anilines is 1. The lowest BCUT2D eigenvalue weighted by atomic mass is 9.71. The molecule has 2 aromatic rings. The van der Waals surface area contributed by atoms with E-state index < -0.39 is 6.04 Å². The van der Waals surface area contributed by atoms with Crippen LogP contribution >= 0.6 is 0 Å². The van der Waals surface area contributed by atoms with Crippen LogP contribution in [-0.4, -0.2) is 58.0 Å². The van der Waals surface area contributed by atoms with E-state index in [9.17, 15) is 4.79 Å². The number of hydrogen-bond acceptors (Lipinski definition) is 5. The molecular weight excluding hydrogens is 328 g/mol. The molecule has 1 saturated carbocycles. The van der Waals surface area contributed by atoms with E-state index in [1.165, 1.54) is 0 Å². The van der Waals surface area contributed by atoms with E-state index >= 15 is 0 Å². The number of aromatic amines is 1. The maximum Gasteiger partial charge on any atom is 0.239 e. The average molecular weight is 356 g/mol. The van der Waals surface area contributed by atoms with Crippen LogP contribution in [0.4, 0.5) is 5.82 Å². The minimum Gasteiger partial charge on any atom is -0.356 e. The molecule has 7 nitrogen and oxygen atoms in total. The molecule has 26 heavy (non-hydrogen) atoms. The zero-order valence-corrected chi connectivity index (χ0v) is 16.0. The Kier molecular flexibility index (Phi) is 3.77. The van der Waals surface area contributed by atoms with Gasteiger partial charge in [-0.05, 0) is 36.7 Å². The molecular formula is C19H28N6O. The third kappa shape index (κ3) is 2.40. The summed E-state index contributed by atoms with van der Waals surface area (Å²) in [7, 11) is 2.12. The molecule has 0 spiro atoms. The summed E-state index contributed by atoms with van der Waals surface area (Å²) in [5, 5.41) is 1.05. The number of amides is 1. The minimum atomic E-state index is -0.428. The van der Waals surface area contributed by atoms with Crippen molar-refractivity contribution in [2.75, 3.05) is 25.0 Å². The fourth-order valence-electron chi connectivity index (χ4n) is 5.04. The molecule has 2 aliphatic rings. The molecule has 2 aromatic heterocycles. The van der Waals surface area contributed by atoms with E-state index in [1.807, 2.05) is 17.2 Å². The van der Waals surface area contributed by atoms with Gasteiger partial charge in [0.1, 0.15) is 17.8 Å². The van der Waals surface area contributed by atoms with E-state index in [0.29, 0.717) is 6.04 Å². The molecule has 4 rings (SSSR count). The van der Waals surface area contributed by atoms with Gasteiger partial charge in [-0.1, -0.05) is 13.8 Å². The van der Waals surface area contributed by atoms with E-state index in [-0.39, 0.29) is 16.7 Å². The molecule has 1 amide bonds. The number of carbonyl (C=O) groups excluding carboxylic acids is 1. The van der Waals surface area contributed by atoms with Gasteiger partial charge in [0, 0.05) is 32.4 Å². The van der Waals surface area contributed by atoms with Crippen LogP contribution in [0.2, 0.25) is 0 Å². The molecule has 3 N–H and O–H groups in total. The van der Waals surface area contributed by atoms with Crippen LogP contribution in [0, 0.1) is 10.8 Å². The van der Waals surface area contributed by atoms with Crippen molar-refractivity contribution < 1.29 is 4.79 Å². The lowest BCUT2D eigenvalue weighted by Gasteiger charge is -2.31. The quantitative estimate of drug-likeness (QED) is 0.874. The lowest BCUT2D eigenvalue weighted by Crippen LogP contribution is -2.43. The van der Waals surface area contributed by atoms with Crippen molar-refractivity contribution in [2.45, 2.75) is 45.7 Å². The van der Waals surface area contributed by atoms with E-state index in [1.54, 1.807) is 13.3 Å². The predicted octanol–water partition coefficient (Wildman–Crippen LogP) is 1.76. The first-order valence-corrected chi connectivity index (χ1v) is 9.29. The molecule has 0 aromatic carbocycles. The molecule has 7 heteroatoms. The van der Waals surface area contributed by atoms with Crippen molar-refractivity contribution in [3.05, 3.63) is 18.6 Å². The summed E-state index contributed by atoms with van der Waals surface area (Å²) in [5.74, 6) is 1.04. The Bertz CT molecular complexity index is 827. The summed E-state index contributed by atoms with van der Waals surface area (Å²) in [5.41, 5.74) is 6.89. The van der Waals surface area contributed by atoms with Crippen molar-refractivity contribution in [2.24, 2.45) is 16.6 Å². The van der Waals surface area contributed by atoms with E-state index in [0.717, 1.165) is 42.8 Å². The van der Waals surface area contributed by atoms with Crippen molar-refractivity contribution in [1.82, 2.24) is 19.9 Å². The smallest absolute Gasteiger partial charge is 0.239 e.